The van der Waals surface area contributed by atoms with Crippen molar-refractivity contribution in [2.75, 3.05) is 13.2 Å². The van der Waals surface area contributed by atoms with E-state index in [1.807, 2.05) is 12.3 Å². The van der Waals surface area contributed by atoms with Crippen LogP contribution >= 0.6 is 11.3 Å². The summed E-state index contributed by atoms with van der Waals surface area (Å²) >= 11 is 1.49. The average Bonchev–Trinajstić information content (AvgIpc) is 3.01. The molecule has 2 aromatic rings. The molecule has 0 saturated heterocycles. The lowest BCUT2D eigenvalue weighted by atomic mass is 10.2. The molecular formula is C12H12N2O3S. The second-order valence-electron chi connectivity index (χ2n) is 3.86. The second kappa shape index (κ2) is 4.45. The average molecular weight is 264 g/mol. The standard InChI is InChI=1S/C12H12N2O3S/c1-2-14-5-8(6-15)10(13-14)12-11-9(7-18-12)16-3-4-17-11/h5-7H,2-4H2,1H3. The van der Waals surface area contributed by atoms with Gasteiger partial charge in [-0.2, -0.15) is 5.10 Å². The van der Waals surface area contributed by atoms with Crippen molar-refractivity contribution < 1.29 is 14.3 Å². The first-order valence-corrected chi connectivity index (χ1v) is 6.61. The number of aromatic nitrogens is 2. The monoisotopic (exact) mass is 264 g/mol. The summed E-state index contributed by atoms with van der Waals surface area (Å²) in [6, 6.07) is 0. The molecule has 0 radical (unpaired) electrons. The third-order valence-electron chi connectivity index (χ3n) is 2.76. The zero-order valence-electron chi connectivity index (χ0n) is 9.88. The van der Waals surface area contributed by atoms with E-state index in [2.05, 4.69) is 5.10 Å². The molecular weight excluding hydrogens is 252 g/mol. The highest BCUT2D eigenvalue weighted by atomic mass is 32.1. The fraction of sp³-hybridized carbons (Fsp3) is 0.333. The lowest BCUT2D eigenvalue weighted by Crippen LogP contribution is -2.14. The Bertz CT molecular complexity index is 588. The van der Waals surface area contributed by atoms with Crippen LogP contribution in [0.25, 0.3) is 10.6 Å². The number of nitrogens with zero attached hydrogens (tertiary/aromatic N) is 2. The fourth-order valence-electron chi connectivity index (χ4n) is 1.89. The first-order chi connectivity index (χ1) is 8.83. The molecule has 0 amide bonds. The molecule has 5 nitrogen and oxygen atoms in total. The van der Waals surface area contributed by atoms with E-state index in [4.69, 9.17) is 9.47 Å². The predicted molar refractivity (Wildman–Crippen MR) is 67.6 cm³/mol. The summed E-state index contributed by atoms with van der Waals surface area (Å²) in [5.41, 5.74) is 1.25. The number of hydrogen-bond donors (Lipinski definition) is 0. The lowest BCUT2D eigenvalue weighted by molar-refractivity contribution is 0.112. The molecule has 6 heteroatoms. The summed E-state index contributed by atoms with van der Waals surface area (Å²) in [6.45, 7) is 3.80. The van der Waals surface area contributed by atoms with E-state index in [1.54, 1.807) is 10.9 Å². The third kappa shape index (κ3) is 1.69. The molecule has 3 heterocycles. The Hall–Kier alpha value is -1.82. The van der Waals surface area contributed by atoms with Crippen LogP contribution in [0.2, 0.25) is 0 Å². The van der Waals surface area contributed by atoms with Crippen molar-refractivity contribution in [3.8, 4) is 22.1 Å². The molecule has 1 aliphatic heterocycles. The Morgan fingerprint density at radius 1 is 1.50 bits per heavy atom. The third-order valence-corrected chi connectivity index (χ3v) is 3.70. The van der Waals surface area contributed by atoms with Crippen molar-refractivity contribution in [3.63, 3.8) is 0 Å². The van der Waals surface area contributed by atoms with Crippen LogP contribution in [0, 0.1) is 0 Å². The van der Waals surface area contributed by atoms with Crippen molar-refractivity contribution in [1.29, 1.82) is 0 Å². The zero-order valence-corrected chi connectivity index (χ0v) is 10.7. The van der Waals surface area contributed by atoms with Crippen LogP contribution in [0.1, 0.15) is 17.3 Å². The van der Waals surface area contributed by atoms with Gasteiger partial charge in [0.2, 0.25) is 0 Å². The summed E-state index contributed by atoms with van der Waals surface area (Å²) in [5.74, 6) is 1.44. The van der Waals surface area contributed by atoms with Crippen LogP contribution in [-0.4, -0.2) is 29.3 Å². The summed E-state index contributed by atoms with van der Waals surface area (Å²) < 4.78 is 12.9. The molecule has 0 spiro atoms. The van der Waals surface area contributed by atoms with Crippen molar-refractivity contribution in [1.82, 2.24) is 9.78 Å². The van der Waals surface area contributed by atoms with E-state index in [1.165, 1.54) is 11.3 Å². The highest BCUT2D eigenvalue weighted by Gasteiger charge is 2.23. The van der Waals surface area contributed by atoms with Crippen LogP contribution < -0.4 is 9.47 Å². The minimum Gasteiger partial charge on any atom is -0.485 e. The van der Waals surface area contributed by atoms with Gasteiger partial charge in [-0.3, -0.25) is 9.48 Å². The summed E-state index contributed by atoms with van der Waals surface area (Å²) in [5, 5.41) is 6.30. The normalized spacial score (nSPS) is 13.6. The Morgan fingerprint density at radius 2 is 2.33 bits per heavy atom. The molecule has 0 aliphatic carbocycles. The number of aryl methyl sites for hydroxylation is 1. The topological polar surface area (TPSA) is 53.4 Å². The van der Waals surface area contributed by atoms with Gasteiger partial charge in [0, 0.05) is 18.1 Å². The van der Waals surface area contributed by atoms with Crippen molar-refractivity contribution in [2.24, 2.45) is 0 Å². The Morgan fingerprint density at radius 3 is 3.11 bits per heavy atom. The van der Waals surface area contributed by atoms with Gasteiger partial charge in [0.25, 0.3) is 0 Å². The van der Waals surface area contributed by atoms with Crippen LogP contribution in [0.5, 0.6) is 11.5 Å². The smallest absolute Gasteiger partial charge is 0.181 e. The van der Waals surface area contributed by atoms with E-state index < -0.39 is 0 Å². The molecule has 0 fully saturated rings. The number of carbonyl (C=O) groups excluding carboxylic acids is 1. The van der Waals surface area contributed by atoms with E-state index in [0.29, 0.717) is 30.2 Å². The zero-order chi connectivity index (χ0) is 12.5. The number of hydrogen-bond acceptors (Lipinski definition) is 5. The van der Waals surface area contributed by atoms with Crippen LogP contribution in [0.15, 0.2) is 11.6 Å². The van der Waals surface area contributed by atoms with Gasteiger partial charge in [-0.1, -0.05) is 0 Å². The van der Waals surface area contributed by atoms with E-state index in [-0.39, 0.29) is 0 Å². The Kier molecular flexibility index (Phi) is 2.79. The Labute approximate surface area is 108 Å². The molecule has 94 valence electrons. The summed E-state index contributed by atoms with van der Waals surface area (Å²) in [6.07, 6.45) is 2.57. The number of ether oxygens (including phenoxy) is 2. The largest absolute Gasteiger partial charge is 0.485 e. The van der Waals surface area contributed by atoms with E-state index in [9.17, 15) is 4.79 Å². The van der Waals surface area contributed by atoms with Crippen LogP contribution in [0.4, 0.5) is 0 Å². The Balaban J connectivity index is 2.11. The van der Waals surface area contributed by atoms with Crippen LogP contribution in [-0.2, 0) is 6.54 Å². The van der Waals surface area contributed by atoms with Gasteiger partial charge in [-0.25, -0.2) is 0 Å². The van der Waals surface area contributed by atoms with Gasteiger partial charge in [0.1, 0.15) is 23.8 Å². The van der Waals surface area contributed by atoms with Gasteiger partial charge >= 0.3 is 0 Å². The first-order valence-electron chi connectivity index (χ1n) is 5.73. The molecule has 0 N–H and O–H groups in total. The molecule has 0 bridgehead atoms. The highest BCUT2D eigenvalue weighted by molar-refractivity contribution is 7.14. The van der Waals surface area contributed by atoms with Crippen molar-refractivity contribution >= 4 is 17.6 Å². The van der Waals surface area contributed by atoms with Crippen molar-refractivity contribution in [2.45, 2.75) is 13.5 Å². The maximum absolute atomic E-state index is 11.1. The molecule has 0 saturated carbocycles. The minimum absolute atomic E-state index is 0.529. The van der Waals surface area contributed by atoms with Crippen LogP contribution in [0.3, 0.4) is 0 Å². The molecule has 3 rings (SSSR count). The van der Waals surface area contributed by atoms with E-state index in [0.717, 1.165) is 23.5 Å². The second-order valence-corrected chi connectivity index (χ2v) is 4.74. The van der Waals surface area contributed by atoms with Gasteiger partial charge < -0.3 is 9.47 Å². The van der Waals surface area contributed by atoms with Crippen molar-refractivity contribution in [3.05, 3.63) is 17.1 Å². The predicted octanol–water partition coefficient (Wildman–Crippen LogP) is 2.22. The SMILES string of the molecule is CCn1cc(C=O)c(-c2scc3c2OCCO3)n1. The summed E-state index contributed by atoms with van der Waals surface area (Å²) in [4.78, 5) is 12.0. The minimum atomic E-state index is 0.529. The van der Waals surface area contributed by atoms with Gasteiger partial charge in [-0.15, -0.1) is 11.3 Å². The number of carbonyl (C=O) groups is 1. The van der Waals surface area contributed by atoms with Gasteiger partial charge in [0.05, 0.1) is 5.56 Å². The highest BCUT2D eigenvalue weighted by Crippen LogP contribution is 2.45. The molecule has 0 unspecified atom stereocenters. The van der Waals surface area contributed by atoms with E-state index >= 15 is 0 Å². The lowest BCUT2D eigenvalue weighted by Gasteiger charge is -2.15. The molecule has 1 aliphatic rings. The molecule has 18 heavy (non-hydrogen) atoms. The number of thiophene rings is 1. The molecule has 0 atom stereocenters. The quantitative estimate of drug-likeness (QED) is 0.798. The molecule has 2 aromatic heterocycles. The maximum Gasteiger partial charge on any atom is 0.181 e. The molecule has 0 aromatic carbocycles. The maximum atomic E-state index is 11.1. The van der Waals surface area contributed by atoms with Gasteiger partial charge in [0.15, 0.2) is 17.8 Å². The number of aldehydes is 1. The van der Waals surface area contributed by atoms with Gasteiger partial charge in [-0.05, 0) is 6.92 Å². The summed E-state index contributed by atoms with van der Waals surface area (Å²) in [7, 11) is 0. The fourth-order valence-corrected chi connectivity index (χ4v) is 2.82. The number of fused-ring (bicyclic) bond motifs is 1. The number of rotatable bonds is 3. The first kappa shape index (κ1) is 11.3.